The minimum absolute atomic E-state index is 0.0178. The van der Waals surface area contributed by atoms with Crippen molar-refractivity contribution >= 4 is 0 Å². The van der Waals surface area contributed by atoms with Gasteiger partial charge in [-0.3, -0.25) is 0 Å². The Balaban J connectivity index is 2.34. The van der Waals surface area contributed by atoms with Crippen LogP contribution in [0.5, 0.6) is 0 Å². The molecule has 2 unspecified atom stereocenters. The molecule has 1 N–H and O–H groups in total. The molecule has 0 aromatic rings. The summed E-state index contributed by atoms with van der Waals surface area (Å²) in [6.07, 6.45) is 7.61. The van der Waals surface area contributed by atoms with E-state index in [1.807, 2.05) is 7.05 Å². The van der Waals surface area contributed by atoms with Crippen LogP contribution in [0.1, 0.15) is 45.4 Å². The van der Waals surface area contributed by atoms with Crippen LogP contribution >= 0.6 is 0 Å². The van der Waals surface area contributed by atoms with Crippen molar-refractivity contribution in [3.05, 3.63) is 0 Å². The second-order valence-corrected chi connectivity index (χ2v) is 4.73. The molecule has 0 aromatic heterocycles. The van der Waals surface area contributed by atoms with Gasteiger partial charge in [-0.25, -0.2) is 0 Å². The first kappa shape index (κ1) is 13.5. The fourth-order valence-corrected chi connectivity index (χ4v) is 2.58. The first-order chi connectivity index (χ1) is 7.81. The van der Waals surface area contributed by atoms with Crippen LogP contribution in [0.15, 0.2) is 0 Å². The summed E-state index contributed by atoms with van der Waals surface area (Å²) >= 11 is 0. The van der Waals surface area contributed by atoms with Crippen molar-refractivity contribution in [1.29, 1.82) is 5.26 Å². The van der Waals surface area contributed by atoms with E-state index in [9.17, 15) is 0 Å². The summed E-state index contributed by atoms with van der Waals surface area (Å²) in [7, 11) is 1.87. The van der Waals surface area contributed by atoms with Gasteiger partial charge >= 0.3 is 0 Å². The Morgan fingerprint density at radius 2 is 2.31 bits per heavy atom. The van der Waals surface area contributed by atoms with E-state index in [1.165, 1.54) is 38.6 Å². The molecule has 0 spiro atoms. The van der Waals surface area contributed by atoms with Crippen molar-refractivity contribution in [1.82, 2.24) is 10.2 Å². The van der Waals surface area contributed by atoms with Gasteiger partial charge in [0, 0.05) is 12.6 Å². The lowest BCUT2D eigenvalue weighted by Gasteiger charge is -2.36. The maximum absolute atomic E-state index is 8.89. The largest absolute Gasteiger partial charge is 0.305 e. The van der Waals surface area contributed by atoms with E-state index in [2.05, 4.69) is 23.2 Å². The summed E-state index contributed by atoms with van der Waals surface area (Å²) < 4.78 is 0. The van der Waals surface area contributed by atoms with Gasteiger partial charge in [0.15, 0.2) is 0 Å². The van der Waals surface area contributed by atoms with Gasteiger partial charge < -0.3 is 10.2 Å². The maximum Gasteiger partial charge on any atom is 0.0962 e. The second kappa shape index (κ2) is 7.65. The normalized spacial score (nSPS) is 23.9. The summed E-state index contributed by atoms with van der Waals surface area (Å²) in [5.41, 5.74) is 0. The lowest BCUT2D eigenvalue weighted by atomic mass is 9.97. The van der Waals surface area contributed by atoms with Gasteiger partial charge in [0.25, 0.3) is 0 Å². The molecule has 92 valence electrons. The van der Waals surface area contributed by atoms with Crippen molar-refractivity contribution in [3.8, 4) is 6.07 Å². The average molecular weight is 223 g/mol. The Morgan fingerprint density at radius 3 is 2.94 bits per heavy atom. The molecule has 2 atom stereocenters. The predicted molar refractivity (Wildman–Crippen MR) is 67.2 cm³/mol. The Morgan fingerprint density at radius 1 is 1.50 bits per heavy atom. The number of hydrogen-bond donors (Lipinski definition) is 1. The molecule has 0 bridgehead atoms. The lowest BCUT2D eigenvalue weighted by molar-refractivity contribution is 0.136. The Labute approximate surface area is 99.8 Å². The Kier molecular flexibility index (Phi) is 6.44. The minimum atomic E-state index is 0.0178. The van der Waals surface area contributed by atoms with E-state index in [1.54, 1.807) is 0 Å². The highest BCUT2D eigenvalue weighted by molar-refractivity contribution is 4.90. The van der Waals surface area contributed by atoms with Crippen molar-refractivity contribution in [2.24, 2.45) is 0 Å². The third-order valence-corrected chi connectivity index (χ3v) is 3.58. The Bertz CT molecular complexity index is 220. The van der Waals surface area contributed by atoms with Crippen LogP contribution in [0.4, 0.5) is 0 Å². The van der Waals surface area contributed by atoms with Gasteiger partial charge in [0.05, 0.1) is 12.1 Å². The summed E-state index contributed by atoms with van der Waals surface area (Å²) in [5.74, 6) is 0. The maximum atomic E-state index is 8.89. The van der Waals surface area contributed by atoms with Crippen molar-refractivity contribution < 1.29 is 0 Å². The zero-order chi connectivity index (χ0) is 11.8. The van der Waals surface area contributed by atoms with Gasteiger partial charge in [-0.1, -0.05) is 19.8 Å². The third-order valence-electron chi connectivity index (χ3n) is 3.58. The highest BCUT2D eigenvalue weighted by Crippen LogP contribution is 2.21. The first-order valence-electron chi connectivity index (χ1n) is 6.62. The van der Waals surface area contributed by atoms with Crippen LogP contribution in [0, 0.1) is 11.3 Å². The van der Waals surface area contributed by atoms with E-state index in [0.29, 0.717) is 0 Å². The molecule has 0 amide bonds. The SMILES string of the molecule is CCCC1CCCCN1CCC(C#N)NC. The molecule has 1 saturated heterocycles. The Hall–Kier alpha value is -0.590. The minimum Gasteiger partial charge on any atom is -0.305 e. The van der Waals surface area contributed by atoms with Crippen molar-refractivity contribution in [2.75, 3.05) is 20.1 Å². The number of nitrogens with zero attached hydrogens (tertiary/aromatic N) is 2. The van der Waals surface area contributed by atoms with Gasteiger partial charge in [-0.05, 0) is 39.3 Å². The molecule has 1 fully saturated rings. The van der Waals surface area contributed by atoms with Crippen molar-refractivity contribution in [2.45, 2.75) is 57.5 Å². The van der Waals surface area contributed by atoms with E-state index in [-0.39, 0.29) is 6.04 Å². The van der Waals surface area contributed by atoms with Gasteiger partial charge in [0.1, 0.15) is 0 Å². The monoisotopic (exact) mass is 223 g/mol. The molecule has 0 aromatic carbocycles. The van der Waals surface area contributed by atoms with Gasteiger partial charge in [-0.2, -0.15) is 5.26 Å². The zero-order valence-corrected chi connectivity index (χ0v) is 10.7. The fraction of sp³-hybridized carbons (Fsp3) is 0.923. The highest BCUT2D eigenvalue weighted by atomic mass is 15.2. The molecular formula is C13H25N3. The number of piperidine rings is 1. The van der Waals surface area contributed by atoms with E-state index >= 15 is 0 Å². The molecule has 3 nitrogen and oxygen atoms in total. The summed E-state index contributed by atoms with van der Waals surface area (Å²) in [4.78, 5) is 2.59. The van der Waals surface area contributed by atoms with Crippen LogP contribution < -0.4 is 5.32 Å². The quantitative estimate of drug-likeness (QED) is 0.750. The lowest BCUT2D eigenvalue weighted by Crippen LogP contribution is -2.41. The molecule has 0 radical (unpaired) electrons. The van der Waals surface area contributed by atoms with Crippen molar-refractivity contribution in [3.63, 3.8) is 0 Å². The topological polar surface area (TPSA) is 39.1 Å². The molecule has 0 saturated carbocycles. The fourth-order valence-electron chi connectivity index (χ4n) is 2.58. The number of rotatable bonds is 6. The smallest absolute Gasteiger partial charge is 0.0962 e. The van der Waals surface area contributed by atoms with E-state index in [0.717, 1.165) is 19.0 Å². The average Bonchev–Trinajstić information content (AvgIpc) is 2.33. The molecule has 1 heterocycles. The predicted octanol–water partition coefficient (Wildman–Crippen LogP) is 2.14. The summed E-state index contributed by atoms with van der Waals surface area (Å²) in [6.45, 7) is 4.56. The van der Waals surface area contributed by atoms with Crippen LogP contribution in [0.2, 0.25) is 0 Å². The summed E-state index contributed by atoms with van der Waals surface area (Å²) in [5, 5.41) is 11.9. The summed E-state index contributed by atoms with van der Waals surface area (Å²) in [6, 6.07) is 3.09. The first-order valence-corrected chi connectivity index (χ1v) is 6.62. The molecule has 1 aliphatic heterocycles. The zero-order valence-electron chi connectivity index (χ0n) is 10.7. The highest BCUT2D eigenvalue weighted by Gasteiger charge is 2.21. The number of nitrogens with one attached hydrogen (secondary N) is 1. The van der Waals surface area contributed by atoms with Crippen LogP contribution in [0.3, 0.4) is 0 Å². The van der Waals surface area contributed by atoms with E-state index < -0.39 is 0 Å². The van der Waals surface area contributed by atoms with Crippen LogP contribution in [0.25, 0.3) is 0 Å². The third kappa shape index (κ3) is 4.11. The number of likely N-dealkylation sites (tertiary alicyclic amines) is 1. The molecule has 16 heavy (non-hydrogen) atoms. The molecule has 3 heteroatoms. The van der Waals surface area contributed by atoms with Gasteiger partial charge in [-0.15, -0.1) is 0 Å². The molecular weight excluding hydrogens is 198 g/mol. The number of nitriles is 1. The van der Waals surface area contributed by atoms with E-state index in [4.69, 9.17) is 5.26 Å². The van der Waals surface area contributed by atoms with Crippen LogP contribution in [-0.2, 0) is 0 Å². The molecule has 1 rings (SSSR count). The molecule has 0 aliphatic carbocycles. The van der Waals surface area contributed by atoms with Gasteiger partial charge in [0.2, 0.25) is 0 Å². The second-order valence-electron chi connectivity index (χ2n) is 4.73. The standard InChI is InChI=1S/C13H25N3/c1-3-6-13-7-4-5-9-16(13)10-8-12(11-14)15-2/h12-13,15H,3-10H2,1-2H3. The van der Waals surface area contributed by atoms with Crippen LogP contribution in [-0.4, -0.2) is 37.1 Å². The molecule has 1 aliphatic rings. The number of hydrogen-bond acceptors (Lipinski definition) is 3.